The Morgan fingerprint density at radius 1 is 1.33 bits per heavy atom. The number of nitrogens with zero attached hydrogens (tertiary/aromatic N) is 1. The fourth-order valence-electron chi connectivity index (χ4n) is 0.764. The van der Waals surface area contributed by atoms with Crippen LogP contribution in [0.3, 0.4) is 0 Å². The summed E-state index contributed by atoms with van der Waals surface area (Å²) in [6.45, 7) is 10.4. The van der Waals surface area contributed by atoms with Crippen LogP contribution in [0.4, 0.5) is 0 Å². The van der Waals surface area contributed by atoms with Gasteiger partial charge < -0.3 is 0 Å². The molecule has 0 amide bonds. The van der Waals surface area contributed by atoms with Crippen LogP contribution in [-0.4, -0.2) is 6.74 Å². The molecular weight excluding hydrogens is 299 g/mol. The van der Waals surface area contributed by atoms with Gasteiger partial charge in [0.1, 0.15) is 0 Å². The summed E-state index contributed by atoms with van der Waals surface area (Å²) < 4.78 is 19.1. The zero-order chi connectivity index (χ0) is 13.2. The number of aromatic nitrogens is 1. The van der Waals surface area contributed by atoms with E-state index in [1.807, 2.05) is 19.9 Å². The van der Waals surface area contributed by atoms with Gasteiger partial charge in [0.15, 0.2) is 0 Å². The summed E-state index contributed by atoms with van der Waals surface area (Å²) in [6.07, 6.45) is 2.10. The van der Waals surface area contributed by atoms with Crippen molar-refractivity contribution in [3.8, 4) is 0 Å². The molecule has 85 valence electrons. The first-order valence-electron chi connectivity index (χ1n) is 5.83. The van der Waals surface area contributed by atoms with Gasteiger partial charge in [-0.2, -0.15) is 0 Å². The van der Waals surface area contributed by atoms with Gasteiger partial charge in [-0.3, -0.25) is 4.98 Å². The minimum absolute atomic E-state index is 0. The summed E-state index contributed by atoms with van der Waals surface area (Å²) in [6, 6.07) is 3.68. The molecule has 0 fully saturated rings. The molecule has 1 nitrogen and oxygen atoms in total. The molecule has 0 unspecified atom stereocenters. The molecular formula is C11H21NV3. The quantitative estimate of drug-likeness (QED) is 0.714. The predicted octanol–water partition coefficient (Wildman–Crippen LogP) is 2.86. The van der Waals surface area contributed by atoms with Crippen molar-refractivity contribution in [1.29, 1.82) is 1.76 Å². The fourth-order valence-corrected chi connectivity index (χ4v) is 0.764. The van der Waals surface area contributed by atoms with E-state index in [0.717, 1.165) is 0 Å². The smallest absolute Gasteiger partial charge is 0.0840 e. The molecule has 0 saturated heterocycles. The number of pyridine rings is 1. The number of hydrogen-bond acceptors (Lipinski definition) is 1. The van der Waals surface area contributed by atoms with Crippen LogP contribution in [0.15, 0.2) is 24.5 Å². The number of hydrogen-bond donors (Lipinski definition) is 0. The van der Waals surface area contributed by atoms with Gasteiger partial charge in [-0.15, -0.1) is 0 Å². The van der Waals surface area contributed by atoms with E-state index in [4.69, 9.17) is 3.13 Å². The van der Waals surface area contributed by atoms with Gasteiger partial charge in [0.05, 0.1) is 1.37 Å². The summed E-state index contributed by atoms with van der Waals surface area (Å²) >= 11 is -0.812. The van der Waals surface area contributed by atoms with E-state index in [1.165, 1.54) is 5.56 Å². The maximum atomic E-state index is 7.19. The molecule has 0 aliphatic heterocycles. The molecule has 0 atom stereocenters. The fraction of sp³-hybridized carbons (Fsp3) is 0.545. The van der Waals surface area contributed by atoms with Crippen LogP contribution < -0.4 is 0 Å². The summed E-state index contributed by atoms with van der Waals surface area (Å²) in [5.41, 5.74) is 1.31. The second kappa shape index (κ2) is 13.0. The summed E-state index contributed by atoms with van der Waals surface area (Å²) in [4.78, 5) is 3.91. The average Bonchev–Trinajstić information content (AvgIpc) is 2.21. The van der Waals surface area contributed by atoms with Crippen molar-refractivity contribution in [3.63, 3.8) is 0 Å². The Hall–Kier alpha value is 0.903. The van der Waals surface area contributed by atoms with Crippen LogP contribution in [-0.2, 0) is 60.8 Å². The molecule has 4 heteroatoms. The Kier molecular flexibility index (Phi) is 13.8. The minimum Gasteiger partial charge on any atom is -0.264 e. The first-order valence-corrected chi connectivity index (χ1v) is 4.43. The molecule has 1 aromatic heterocycles. The van der Waals surface area contributed by atoms with Crippen molar-refractivity contribution in [2.24, 2.45) is 0 Å². The monoisotopic (exact) mass is 326 g/mol. The van der Waals surface area contributed by atoms with Gasteiger partial charge in [-0.05, 0) is 17.0 Å². The summed E-state index contributed by atoms with van der Waals surface area (Å²) in [5.74, 6) is 0. The van der Waals surface area contributed by atoms with Crippen molar-refractivity contribution in [2.75, 3.05) is 0 Å². The van der Waals surface area contributed by atoms with Gasteiger partial charge >= 0.3 is 20.0 Å². The van der Waals surface area contributed by atoms with Gasteiger partial charge in [0, 0.05) is 49.5 Å². The molecule has 0 aromatic carbocycles. The maximum Gasteiger partial charge on any atom is 0.0840 e. The Morgan fingerprint density at radius 2 is 1.80 bits per heavy atom. The summed E-state index contributed by atoms with van der Waals surface area (Å²) in [7, 11) is 0. The van der Waals surface area contributed by atoms with E-state index in [2.05, 4.69) is 25.8 Å². The molecule has 0 spiro atoms. The van der Waals surface area contributed by atoms with Crippen molar-refractivity contribution < 1.29 is 56.7 Å². The van der Waals surface area contributed by atoms with Crippen molar-refractivity contribution in [2.45, 2.75) is 40.0 Å². The summed E-state index contributed by atoms with van der Waals surface area (Å²) in [5, 5.41) is 0. The second-order valence-corrected chi connectivity index (χ2v) is 3.43. The Bertz CT molecular complexity index is 263. The third-order valence-electron chi connectivity index (χ3n) is 1.48. The third-order valence-corrected chi connectivity index (χ3v) is 1.48. The normalized spacial score (nSPS) is 10.1. The molecule has 1 aromatic rings. The van der Waals surface area contributed by atoms with Crippen molar-refractivity contribution in [1.82, 2.24) is 4.98 Å². The molecule has 15 heavy (non-hydrogen) atoms. The van der Waals surface area contributed by atoms with E-state index in [-0.39, 0.29) is 42.5 Å². The SMILES string of the molecule is CC.[3H][V][3H].[3H]c1ccc(C(C)(C)C)cn1.[V].[V]. The Labute approximate surface area is 133 Å². The third kappa shape index (κ3) is 11.2. The van der Waals surface area contributed by atoms with E-state index >= 15 is 0 Å². The van der Waals surface area contributed by atoms with Gasteiger partial charge in [0.2, 0.25) is 0 Å². The average molecular weight is 326 g/mol. The first kappa shape index (κ1) is 15.9. The van der Waals surface area contributed by atoms with Gasteiger partial charge in [-0.1, -0.05) is 40.7 Å². The van der Waals surface area contributed by atoms with Crippen LogP contribution in [0, 0.1) is 0 Å². The zero-order valence-electron chi connectivity index (χ0n) is 13.0. The van der Waals surface area contributed by atoms with E-state index in [9.17, 15) is 0 Å². The number of rotatable bonds is 0. The van der Waals surface area contributed by atoms with Crippen LogP contribution >= 0.6 is 0 Å². The van der Waals surface area contributed by atoms with Crippen LogP contribution in [0.5, 0.6) is 0 Å². The molecule has 0 N–H and O–H groups in total. The van der Waals surface area contributed by atoms with E-state index in [1.54, 1.807) is 12.3 Å². The Balaban J connectivity index is -0.000000124. The molecule has 2 radical (unpaired) electrons. The van der Waals surface area contributed by atoms with Crippen molar-refractivity contribution >= 4 is 0 Å². The first-order chi connectivity index (χ1) is 7.41. The van der Waals surface area contributed by atoms with Gasteiger partial charge in [0.25, 0.3) is 0 Å². The molecule has 0 aliphatic rings. The standard InChI is InChI=1S/C9H13N.C2H6.3V.2H/c1-9(2,3)8-5-4-6-10-7-8;1-2;;;;;/h4-7H,1-3H3;1-2H3;;;;;/i6T;;;;;2*1+2. The molecule has 0 bridgehead atoms. The van der Waals surface area contributed by atoms with Crippen LogP contribution in [0.1, 0.15) is 41.6 Å². The predicted molar refractivity (Wildman–Crippen MR) is 57.1 cm³/mol. The molecule has 1 rings (SSSR count). The molecule has 0 saturated carbocycles. The van der Waals surface area contributed by atoms with Gasteiger partial charge in [-0.25, -0.2) is 0 Å². The topological polar surface area (TPSA) is 12.9 Å². The maximum absolute atomic E-state index is 7.19. The zero-order valence-corrected chi connectivity index (χ0v) is 14.2. The second-order valence-electron chi connectivity index (χ2n) is 3.43. The van der Waals surface area contributed by atoms with Crippen LogP contribution in [0.25, 0.3) is 0 Å². The van der Waals surface area contributed by atoms with Crippen LogP contribution in [0.2, 0.25) is 0 Å². The van der Waals surface area contributed by atoms with E-state index in [0.29, 0.717) is 6.17 Å². The minimum atomic E-state index is -0.812. The van der Waals surface area contributed by atoms with E-state index < -0.39 is 18.3 Å². The largest absolute Gasteiger partial charge is 0.264 e. The Morgan fingerprint density at radius 3 is 2.07 bits per heavy atom. The molecule has 0 aliphatic carbocycles. The van der Waals surface area contributed by atoms with Crippen molar-refractivity contribution in [3.05, 3.63) is 30.1 Å². The molecule has 1 heterocycles.